The van der Waals surface area contributed by atoms with Gasteiger partial charge in [-0.15, -0.1) is 0 Å². The quantitative estimate of drug-likeness (QED) is 0.694. The summed E-state index contributed by atoms with van der Waals surface area (Å²) in [6.45, 7) is 3.09. The van der Waals surface area contributed by atoms with Crippen LogP contribution >= 0.6 is 0 Å². The van der Waals surface area contributed by atoms with Crippen LogP contribution in [0.5, 0.6) is 0 Å². The Morgan fingerprint density at radius 3 is 2.80 bits per heavy atom. The Morgan fingerprint density at radius 2 is 1.96 bits per heavy atom. The Kier molecular flexibility index (Phi) is 4.72. The van der Waals surface area contributed by atoms with Crippen LogP contribution in [0.15, 0.2) is 42.6 Å². The van der Waals surface area contributed by atoms with Gasteiger partial charge in [-0.3, -0.25) is 0 Å². The van der Waals surface area contributed by atoms with Crippen molar-refractivity contribution in [2.75, 3.05) is 18.4 Å². The highest BCUT2D eigenvalue weighted by atomic mass is 16.3. The van der Waals surface area contributed by atoms with Crippen LogP contribution in [0.2, 0.25) is 0 Å². The van der Waals surface area contributed by atoms with Crippen molar-refractivity contribution in [1.82, 2.24) is 10.6 Å². The lowest BCUT2D eigenvalue weighted by Crippen LogP contribution is -2.35. The summed E-state index contributed by atoms with van der Waals surface area (Å²) >= 11 is 0. The maximum absolute atomic E-state index is 9.43. The number of hydrogen-bond donors (Lipinski definition) is 4. The number of aliphatic hydroxyl groups excluding tert-OH is 1. The Hall–Kier alpha value is -2.30. The molecule has 0 spiro atoms. The van der Waals surface area contributed by atoms with Crippen molar-refractivity contribution >= 4 is 11.8 Å². The maximum Gasteiger partial charge on any atom is 0.0682 e. The number of nitrogens with one attached hydrogen (secondary N) is 3. The van der Waals surface area contributed by atoms with Crippen molar-refractivity contribution in [3.8, 4) is 11.1 Å². The van der Waals surface area contributed by atoms with E-state index in [1.165, 1.54) is 22.4 Å². The molecule has 4 rings (SSSR count). The number of piperidine rings is 1. The molecule has 0 aromatic heterocycles. The molecule has 1 saturated heterocycles. The van der Waals surface area contributed by atoms with Crippen LogP contribution < -0.4 is 16.0 Å². The van der Waals surface area contributed by atoms with Gasteiger partial charge in [-0.1, -0.05) is 18.2 Å². The van der Waals surface area contributed by atoms with Crippen molar-refractivity contribution < 1.29 is 5.11 Å². The fraction of sp³-hybridized carbons (Fsp3) is 0.333. The second kappa shape index (κ2) is 7.30. The average molecular weight is 335 g/mol. The number of rotatable bonds is 4. The van der Waals surface area contributed by atoms with Gasteiger partial charge in [0.15, 0.2) is 0 Å². The maximum atomic E-state index is 9.43. The van der Waals surface area contributed by atoms with Gasteiger partial charge >= 0.3 is 0 Å². The molecule has 4 N–H and O–H groups in total. The molecule has 0 saturated carbocycles. The predicted molar refractivity (Wildman–Crippen MR) is 103 cm³/mol. The molecule has 4 heteroatoms. The van der Waals surface area contributed by atoms with E-state index in [2.05, 4.69) is 46.3 Å². The van der Waals surface area contributed by atoms with Gasteiger partial charge in [-0.25, -0.2) is 0 Å². The smallest absolute Gasteiger partial charge is 0.0682 e. The van der Waals surface area contributed by atoms with E-state index in [1.54, 1.807) is 0 Å². The molecule has 130 valence electrons. The number of benzene rings is 2. The fourth-order valence-electron chi connectivity index (χ4n) is 3.68. The van der Waals surface area contributed by atoms with E-state index in [1.807, 2.05) is 18.3 Å². The van der Waals surface area contributed by atoms with Crippen molar-refractivity contribution in [1.29, 1.82) is 0 Å². The number of anilines is 1. The van der Waals surface area contributed by atoms with E-state index >= 15 is 0 Å². The molecule has 2 aromatic carbocycles. The summed E-state index contributed by atoms with van der Waals surface area (Å²) in [5.41, 5.74) is 7.11. The number of aliphatic hydroxyl groups is 1. The van der Waals surface area contributed by atoms with Gasteiger partial charge in [0.05, 0.1) is 6.61 Å². The summed E-state index contributed by atoms with van der Waals surface area (Å²) in [5.74, 6) is 0. The van der Waals surface area contributed by atoms with Crippen molar-refractivity contribution in [3.05, 3.63) is 59.3 Å². The first-order valence-corrected chi connectivity index (χ1v) is 9.08. The van der Waals surface area contributed by atoms with E-state index in [4.69, 9.17) is 0 Å². The van der Waals surface area contributed by atoms with Crippen molar-refractivity contribution in [2.24, 2.45) is 0 Å². The minimum Gasteiger partial charge on any atom is -0.392 e. The molecular weight excluding hydrogens is 310 g/mol. The third-order valence-corrected chi connectivity index (χ3v) is 5.09. The lowest BCUT2D eigenvalue weighted by Gasteiger charge is -2.28. The zero-order valence-electron chi connectivity index (χ0n) is 14.4. The Morgan fingerprint density at radius 1 is 1.08 bits per heavy atom. The molecule has 0 amide bonds. The normalized spacial score (nSPS) is 17.0. The van der Waals surface area contributed by atoms with Crippen LogP contribution in [-0.2, 0) is 13.2 Å². The lowest BCUT2D eigenvalue weighted by atomic mass is 9.94. The molecule has 25 heavy (non-hydrogen) atoms. The van der Waals surface area contributed by atoms with Crippen LogP contribution in [0.3, 0.4) is 0 Å². The summed E-state index contributed by atoms with van der Waals surface area (Å²) in [5, 5.41) is 20.0. The zero-order valence-corrected chi connectivity index (χ0v) is 14.4. The highest BCUT2D eigenvalue weighted by molar-refractivity contribution is 5.77. The SMILES string of the molecule is OCc1cccc(-c2cc3c(c(NC4CCNCC4)c2)CNC=C3)c1. The summed E-state index contributed by atoms with van der Waals surface area (Å²) in [4.78, 5) is 0. The molecule has 0 aliphatic carbocycles. The molecular formula is C21H25N3O. The van der Waals surface area contributed by atoms with Gasteiger partial charge in [-0.2, -0.15) is 0 Å². The van der Waals surface area contributed by atoms with Crippen LogP contribution in [0.25, 0.3) is 17.2 Å². The molecule has 2 aromatic rings. The van der Waals surface area contributed by atoms with Gasteiger partial charge in [0.25, 0.3) is 0 Å². The molecule has 2 heterocycles. The van der Waals surface area contributed by atoms with Gasteiger partial charge in [0.2, 0.25) is 0 Å². The van der Waals surface area contributed by atoms with Crippen LogP contribution in [0.4, 0.5) is 5.69 Å². The molecule has 0 bridgehead atoms. The Labute approximate surface area is 149 Å². The third kappa shape index (κ3) is 3.55. The van der Waals surface area contributed by atoms with Crippen molar-refractivity contribution in [2.45, 2.75) is 32.0 Å². The summed E-state index contributed by atoms with van der Waals surface area (Å²) in [6.07, 6.45) is 6.47. The fourth-order valence-corrected chi connectivity index (χ4v) is 3.68. The predicted octanol–water partition coefficient (Wildman–Crippen LogP) is 3.08. The van der Waals surface area contributed by atoms with E-state index in [-0.39, 0.29) is 6.61 Å². The highest BCUT2D eigenvalue weighted by Crippen LogP contribution is 2.32. The largest absolute Gasteiger partial charge is 0.392 e. The first kappa shape index (κ1) is 16.2. The second-order valence-corrected chi connectivity index (χ2v) is 6.83. The lowest BCUT2D eigenvalue weighted by molar-refractivity contribution is 0.282. The minimum atomic E-state index is 0.0722. The molecule has 4 nitrogen and oxygen atoms in total. The van der Waals surface area contributed by atoms with Gasteiger partial charge < -0.3 is 21.1 Å². The minimum absolute atomic E-state index is 0.0722. The van der Waals surface area contributed by atoms with E-state index in [0.29, 0.717) is 6.04 Å². The first-order chi connectivity index (χ1) is 12.3. The van der Waals surface area contributed by atoms with E-state index < -0.39 is 0 Å². The molecule has 0 atom stereocenters. The number of hydrogen-bond acceptors (Lipinski definition) is 4. The molecule has 2 aliphatic heterocycles. The van der Waals surface area contributed by atoms with Gasteiger partial charge in [-0.05, 0) is 78.7 Å². The van der Waals surface area contributed by atoms with E-state index in [0.717, 1.165) is 43.6 Å². The van der Waals surface area contributed by atoms with Gasteiger partial charge in [0.1, 0.15) is 0 Å². The van der Waals surface area contributed by atoms with Crippen LogP contribution in [-0.4, -0.2) is 24.2 Å². The second-order valence-electron chi connectivity index (χ2n) is 6.83. The van der Waals surface area contributed by atoms with Gasteiger partial charge in [0, 0.05) is 23.8 Å². The van der Waals surface area contributed by atoms with Crippen LogP contribution in [0.1, 0.15) is 29.5 Å². The Balaban J connectivity index is 1.72. The molecule has 1 fully saturated rings. The van der Waals surface area contributed by atoms with E-state index in [9.17, 15) is 5.11 Å². The standard InChI is InChI=1S/C21H25N3O/c25-14-15-2-1-3-16(10-15)18-11-17-4-7-23-13-20(17)21(12-18)24-19-5-8-22-9-6-19/h1-4,7,10-12,19,22-25H,5-6,8-9,13-14H2. The summed E-state index contributed by atoms with van der Waals surface area (Å²) < 4.78 is 0. The zero-order chi connectivity index (χ0) is 17.1. The van der Waals surface area contributed by atoms with Crippen LogP contribution in [0, 0.1) is 0 Å². The summed E-state index contributed by atoms with van der Waals surface area (Å²) in [7, 11) is 0. The first-order valence-electron chi connectivity index (χ1n) is 9.08. The molecule has 0 unspecified atom stereocenters. The van der Waals surface area contributed by atoms with Crippen molar-refractivity contribution in [3.63, 3.8) is 0 Å². The Bertz CT molecular complexity index is 779. The monoisotopic (exact) mass is 335 g/mol. The number of fused-ring (bicyclic) bond motifs is 1. The molecule has 0 radical (unpaired) electrons. The topological polar surface area (TPSA) is 56.3 Å². The highest BCUT2D eigenvalue weighted by Gasteiger charge is 2.17. The molecule has 2 aliphatic rings. The third-order valence-electron chi connectivity index (χ3n) is 5.09. The summed E-state index contributed by atoms with van der Waals surface area (Å²) in [6, 6.07) is 13.2. The average Bonchev–Trinajstić information content (AvgIpc) is 2.69.